The second kappa shape index (κ2) is 7.50. The number of rotatable bonds is 7. The van der Waals surface area contributed by atoms with E-state index in [0.717, 1.165) is 17.0 Å². The molecule has 1 aromatic heterocycles. The molecule has 2 aromatic carbocycles. The first-order valence-electron chi connectivity index (χ1n) is 7.73. The summed E-state index contributed by atoms with van der Waals surface area (Å²) in [6.45, 7) is 2.97. The quantitative estimate of drug-likeness (QED) is 0.713. The molecule has 0 atom stereocenters. The molecule has 0 spiro atoms. The Morgan fingerprint density at radius 2 is 1.75 bits per heavy atom. The van der Waals surface area contributed by atoms with Crippen LogP contribution in [0.4, 0.5) is 5.69 Å². The van der Waals surface area contributed by atoms with Crippen LogP contribution < -0.4 is 14.8 Å². The number of ether oxygens (including phenoxy) is 2. The molecule has 0 fully saturated rings. The zero-order valence-corrected chi connectivity index (χ0v) is 13.7. The molecule has 6 nitrogen and oxygen atoms in total. The summed E-state index contributed by atoms with van der Waals surface area (Å²) in [6.07, 6.45) is 0. The van der Waals surface area contributed by atoms with Crippen LogP contribution in [0.25, 0.3) is 11.5 Å². The zero-order chi connectivity index (χ0) is 16.8. The first-order valence-corrected chi connectivity index (χ1v) is 7.73. The van der Waals surface area contributed by atoms with Crippen molar-refractivity contribution in [3.63, 3.8) is 0 Å². The van der Waals surface area contributed by atoms with Crippen LogP contribution in [0.2, 0.25) is 0 Å². The number of hydrogen-bond acceptors (Lipinski definition) is 6. The van der Waals surface area contributed by atoms with Crippen molar-refractivity contribution in [2.45, 2.75) is 13.5 Å². The van der Waals surface area contributed by atoms with E-state index in [1.54, 1.807) is 7.11 Å². The molecule has 0 aliphatic rings. The van der Waals surface area contributed by atoms with Crippen LogP contribution in [0.3, 0.4) is 0 Å². The second-order valence-electron chi connectivity index (χ2n) is 4.98. The maximum atomic E-state index is 5.73. The summed E-state index contributed by atoms with van der Waals surface area (Å²) in [5, 5.41) is 11.4. The van der Waals surface area contributed by atoms with E-state index < -0.39 is 0 Å². The molecule has 3 rings (SSSR count). The molecular weight excluding hydrogens is 306 g/mol. The van der Waals surface area contributed by atoms with Crippen molar-refractivity contribution < 1.29 is 13.9 Å². The van der Waals surface area contributed by atoms with Gasteiger partial charge in [-0.3, -0.25) is 0 Å². The van der Waals surface area contributed by atoms with E-state index >= 15 is 0 Å². The molecule has 6 heteroatoms. The fourth-order valence-electron chi connectivity index (χ4n) is 2.32. The average molecular weight is 325 g/mol. The number of nitrogens with one attached hydrogen (secondary N) is 1. The van der Waals surface area contributed by atoms with Gasteiger partial charge in [0.05, 0.1) is 31.5 Å². The van der Waals surface area contributed by atoms with Gasteiger partial charge in [-0.2, -0.15) is 0 Å². The third-order valence-electron chi connectivity index (χ3n) is 3.42. The summed E-state index contributed by atoms with van der Waals surface area (Å²) >= 11 is 0. The summed E-state index contributed by atoms with van der Waals surface area (Å²) in [4.78, 5) is 0. The minimum atomic E-state index is 0.409. The van der Waals surface area contributed by atoms with Crippen LogP contribution in [-0.4, -0.2) is 23.9 Å². The topological polar surface area (TPSA) is 69.4 Å². The lowest BCUT2D eigenvalue weighted by molar-refractivity contribution is 0.341. The Kier molecular flexibility index (Phi) is 4.96. The smallest absolute Gasteiger partial charge is 0.251 e. The molecular formula is C18H19N3O3. The molecule has 0 bridgehead atoms. The van der Waals surface area contributed by atoms with Crippen molar-refractivity contribution in [1.29, 1.82) is 0 Å². The largest absolute Gasteiger partial charge is 0.496 e. The summed E-state index contributed by atoms with van der Waals surface area (Å²) < 4.78 is 16.6. The molecule has 0 unspecified atom stereocenters. The SMILES string of the molecule is CCOc1ccccc1NCc1nnc(-c2ccccc2OC)o1. The molecule has 124 valence electrons. The van der Waals surface area contributed by atoms with Crippen LogP contribution in [0.5, 0.6) is 11.5 Å². The van der Waals surface area contributed by atoms with E-state index in [9.17, 15) is 0 Å². The molecule has 24 heavy (non-hydrogen) atoms. The normalized spacial score (nSPS) is 10.4. The van der Waals surface area contributed by atoms with Crippen molar-refractivity contribution in [3.8, 4) is 23.0 Å². The van der Waals surface area contributed by atoms with Gasteiger partial charge in [-0.05, 0) is 31.2 Å². The number of nitrogens with zero attached hydrogens (tertiary/aromatic N) is 2. The molecule has 0 radical (unpaired) electrons. The maximum Gasteiger partial charge on any atom is 0.251 e. The number of anilines is 1. The van der Waals surface area contributed by atoms with Gasteiger partial charge in [0, 0.05) is 0 Å². The van der Waals surface area contributed by atoms with Gasteiger partial charge in [0.1, 0.15) is 11.5 Å². The Labute approximate surface area is 140 Å². The summed E-state index contributed by atoms with van der Waals surface area (Å²) in [5.41, 5.74) is 1.66. The van der Waals surface area contributed by atoms with E-state index in [0.29, 0.717) is 30.7 Å². The fraction of sp³-hybridized carbons (Fsp3) is 0.222. The maximum absolute atomic E-state index is 5.73. The highest BCUT2D eigenvalue weighted by atomic mass is 16.5. The monoisotopic (exact) mass is 325 g/mol. The number of methoxy groups -OCH3 is 1. The van der Waals surface area contributed by atoms with Gasteiger partial charge in [0.25, 0.3) is 5.89 Å². The lowest BCUT2D eigenvalue weighted by Gasteiger charge is -2.10. The lowest BCUT2D eigenvalue weighted by atomic mass is 10.2. The van der Waals surface area contributed by atoms with E-state index in [1.807, 2.05) is 55.5 Å². The van der Waals surface area contributed by atoms with Crippen LogP contribution in [0.15, 0.2) is 52.9 Å². The average Bonchev–Trinajstić information content (AvgIpc) is 3.10. The number of benzene rings is 2. The van der Waals surface area contributed by atoms with E-state index in [1.165, 1.54) is 0 Å². The van der Waals surface area contributed by atoms with Crippen molar-refractivity contribution >= 4 is 5.69 Å². The van der Waals surface area contributed by atoms with E-state index in [2.05, 4.69) is 15.5 Å². The molecule has 0 saturated heterocycles. The molecule has 1 heterocycles. The Bertz CT molecular complexity index is 801. The second-order valence-corrected chi connectivity index (χ2v) is 4.98. The Hall–Kier alpha value is -3.02. The van der Waals surface area contributed by atoms with Crippen LogP contribution in [-0.2, 0) is 6.54 Å². The van der Waals surface area contributed by atoms with Gasteiger partial charge in [-0.15, -0.1) is 10.2 Å². The predicted octanol–water partition coefficient (Wildman–Crippen LogP) is 3.76. The third-order valence-corrected chi connectivity index (χ3v) is 3.42. The highest BCUT2D eigenvalue weighted by Crippen LogP contribution is 2.29. The van der Waals surface area contributed by atoms with Gasteiger partial charge < -0.3 is 19.2 Å². The van der Waals surface area contributed by atoms with Crippen LogP contribution in [0, 0.1) is 0 Å². The predicted molar refractivity (Wildman–Crippen MR) is 91.2 cm³/mol. The molecule has 3 aromatic rings. The van der Waals surface area contributed by atoms with Crippen molar-refractivity contribution in [1.82, 2.24) is 10.2 Å². The van der Waals surface area contributed by atoms with Gasteiger partial charge in [0.2, 0.25) is 5.89 Å². The zero-order valence-electron chi connectivity index (χ0n) is 13.7. The summed E-state index contributed by atoms with van der Waals surface area (Å²) in [6, 6.07) is 15.3. The lowest BCUT2D eigenvalue weighted by Crippen LogP contribution is -2.02. The van der Waals surface area contributed by atoms with Crippen LogP contribution in [0.1, 0.15) is 12.8 Å². The standard InChI is InChI=1S/C18H19N3O3/c1-3-23-16-11-7-5-9-14(16)19-12-17-20-21-18(24-17)13-8-4-6-10-15(13)22-2/h4-11,19H,3,12H2,1-2H3. The fourth-order valence-corrected chi connectivity index (χ4v) is 2.32. The van der Waals surface area contributed by atoms with E-state index in [4.69, 9.17) is 13.9 Å². The van der Waals surface area contributed by atoms with E-state index in [-0.39, 0.29) is 0 Å². The van der Waals surface area contributed by atoms with Crippen molar-refractivity contribution in [3.05, 3.63) is 54.4 Å². The molecule has 1 N–H and O–H groups in total. The Morgan fingerprint density at radius 3 is 2.54 bits per heavy atom. The van der Waals surface area contributed by atoms with Gasteiger partial charge >= 0.3 is 0 Å². The van der Waals surface area contributed by atoms with Gasteiger partial charge in [-0.25, -0.2) is 0 Å². The summed E-state index contributed by atoms with van der Waals surface area (Å²) in [5.74, 6) is 2.41. The van der Waals surface area contributed by atoms with Crippen molar-refractivity contribution in [2.24, 2.45) is 0 Å². The number of para-hydroxylation sites is 3. The first-order chi connectivity index (χ1) is 11.8. The van der Waals surface area contributed by atoms with Gasteiger partial charge in [0.15, 0.2) is 0 Å². The highest BCUT2D eigenvalue weighted by Gasteiger charge is 2.13. The molecule has 0 saturated carbocycles. The number of hydrogen-bond donors (Lipinski definition) is 1. The summed E-state index contributed by atoms with van der Waals surface area (Å²) in [7, 11) is 1.61. The molecule has 0 aliphatic carbocycles. The molecule has 0 amide bonds. The van der Waals surface area contributed by atoms with Crippen LogP contribution >= 0.6 is 0 Å². The minimum Gasteiger partial charge on any atom is -0.496 e. The third kappa shape index (κ3) is 3.48. The number of aromatic nitrogens is 2. The Balaban J connectivity index is 1.73. The van der Waals surface area contributed by atoms with Gasteiger partial charge in [-0.1, -0.05) is 24.3 Å². The Morgan fingerprint density at radius 1 is 1.00 bits per heavy atom. The van der Waals surface area contributed by atoms with Crippen molar-refractivity contribution in [2.75, 3.05) is 19.0 Å². The first kappa shape index (κ1) is 15.9. The molecule has 0 aliphatic heterocycles. The minimum absolute atomic E-state index is 0.409. The highest BCUT2D eigenvalue weighted by molar-refractivity contribution is 5.62.